The second kappa shape index (κ2) is 6.50. The third-order valence-electron chi connectivity index (χ3n) is 4.94. The zero-order valence-corrected chi connectivity index (χ0v) is 13.2. The maximum atomic E-state index is 4.83. The van der Waals surface area contributed by atoms with Crippen LogP contribution in [0.25, 0.3) is 0 Å². The lowest BCUT2D eigenvalue weighted by Crippen LogP contribution is -2.40. The Balaban J connectivity index is 1.68. The summed E-state index contributed by atoms with van der Waals surface area (Å²) < 4.78 is 0. The number of aryl methyl sites for hydroxylation is 1. The van der Waals surface area contributed by atoms with Crippen LogP contribution in [-0.2, 0) is 6.54 Å². The molecule has 5 nitrogen and oxygen atoms in total. The molecule has 3 rings (SSSR count). The summed E-state index contributed by atoms with van der Waals surface area (Å²) in [4.78, 5) is 7.30. The zero-order chi connectivity index (χ0) is 14.7. The minimum absolute atomic E-state index is 0.705. The molecule has 0 radical (unpaired) electrons. The molecule has 2 aliphatic rings. The molecule has 0 bridgehead atoms. The van der Waals surface area contributed by atoms with Gasteiger partial charge in [-0.3, -0.25) is 5.10 Å². The Morgan fingerprint density at radius 3 is 2.67 bits per heavy atom. The number of rotatable bonds is 3. The maximum Gasteiger partial charge on any atom is 0.194 e. The van der Waals surface area contributed by atoms with E-state index in [2.05, 4.69) is 34.3 Å². The first kappa shape index (κ1) is 14.4. The predicted molar refractivity (Wildman–Crippen MR) is 85.2 cm³/mol. The number of hydrogen-bond acceptors (Lipinski definition) is 2. The van der Waals surface area contributed by atoms with Crippen LogP contribution in [0.2, 0.25) is 0 Å². The summed E-state index contributed by atoms with van der Waals surface area (Å²) in [6.07, 6.45) is 7.52. The highest BCUT2D eigenvalue weighted by atomic mass is 15.3. The van der Waals surface area contributed by atoms with Gasteiger partial charge in [-0.15, -0.1) is 0 Å². The van der Waals surface area contributed by atoms with Gasteiger partial charge in [0.1, 0.15) is 0 Å². The Labute approximate surface area is 127 Å². The van der Waals surface area contributed by atoms with Gasteiger partial charge >= 0.3 is 0 Å². The number of aliphatic imine (C=N–C) groups is 1. The first-order valence-electron chi connectivity index (χ1n) is 8.30. The minimum Gasteiger partial charge on any atom is -0.357 e. The van der Waals surface area contributed by atoms with Crippen LogP contribution in [0.4, 0.5) is 0 Å². The van der Waals surface area contributed by atoms with Crippen LogP contribution in [0, 0.1) is 18.8 Å². The molecule has 2 heterocycles. The van der Waals surface area contributed by atoms with Crippen LogP contribution >= 0.6 is 0 Å². The number of guanidine groups is 1. The molecule has 1 aromatic rings. The number of aromatic nitrogens is 2. The van der Waals surface area contributed by atoms with Crippen molar-refractivity contribution in [3.63, 3.8) is 0 Å². The van der Waals surface area contributed by atoms with Crippen LogP contribution in [0.3, 0.4) is 0 Å². The van der Waals surface area contributed by atoms with Gasteiger partial charge in [0, 0.05) is 30.9 Å². The van der Waals surface area contributed by atoms with Gasteiger partial charge in [-0.2, -0.15) is 5.10 Å². The molecule has 5 heteroatoms. The van der Waals surface area contributed by atoms with Crippen molar-refractivity contribution < 1.29 is 0 Å². The first-order valence-corrected chi connectivity index (χ1v) is 8.30. The van der Waals surface area contributed by atoms with Gasteiger partial charge in [-0.1, -0.05) is 12.8 Å². The van der Waals surface area contributed by atoms with Gasteiger partial charge < -0.3 is 10.2 Å². The molecule has 2 fully saturated rings. The number of nitrogens with one attached hydrogen (secondary N) is 2. The third kappa shape index (κ3) is 3.22. The lowest BCUT2D eigenvalue weighted by Gasteiger charge is -2.22. The van der Waals surface area contributed by atoms with E-state index in [0.29, 0.717) is 6.54 Å². The molecule has 2 N–H and O–H groups in total. The predicted octanol–water partition coefficient (Wildman–Crippen LogP) is 2.31. The quantitative estimate of drug-likeness (QED) is 0.663. The molecule has 1 aliphatic carbocycles. The lowest BCUT2D eigenvalue weighted by atomic mass is 9.82. The molecule has 0 amide bonds. The number of hydrogen-bond donors (Lipinski definition) is 2. The van der Waals surface area contributed by atoms with E-state index in [-0.39, 0.29) is 0 Å². The monoisotopic (exact) mass is 289 g/mol. The molecule has 1 saturated carbocycles. The molecule has 2 atom stereocenters. The molecule has 1 aromatic heterocycles. The fourth-order valence-corrected chi connectivity index (χ4v) is 3.70. The molecular weight excluding hydrogens is 262 g/mol. The highest BCUT2D eigenvalue weighted by Gasteiger charge is 2.35. The second-order valence-corrected chi connectivity index (χ2v) is 6.40. The summed E-state index contributed by atoms with van der Waals surface area (Å²) in [5.74, 6) is 2.85. The summed E-state index contributed by atoms with van der Waals surface area (Å²) in [6.45, 7) is 8.18. The van der Waals surface area contributed by atoms with Gasteiger partial charge in [0.05, 0.1) is 12.7 Å². The SMILES string of the molecule is CCNC(=NCc1cn[nH]c1C)N1CC2CCCCC2C1. The Morgan fingerprint density at radius 1 is 1.38 bits per heavy atom. The Kier molecular flexibility index (Phi) is 4.46. The topological polar surface area (TPSA) is 56.3 Å². The third-order valence-corrected chi connectivity index (χ3v) is 4.94. The van der Waals surface area contributed by atoms with E-state index >= 15 is 0 Å². The summed E-state index contributed by atoms with van der Waals surface area (Å²) in [6, 6.07) is 0. The Bertz CT molecular complexity index is 479. The van der Waals surface area contributed by atoms with Crippen LogP contribution in [0.1, 0.15) is 43.9 Å². The molecule has 0 spiro atoms. The number of aromatic amines is 1. The summed E-state index contributed by atoms with van der Waals surface area (Å²) >= 11 is 0. The highest BCUT2D eigenvalue weighted by Crippen LogP contribution is 2.35. The van der Waals surface area contributed by atoms with E-state index in [4.69, 9.17) is 4.99 Å². The van der Waals surface area contributed by atoms with Gasteiger partial charge in [0.2, 0.25) is 0 Å². The van der Waals surface area contributed by atoms with Crippen molar-refractivity contribution in [1.29, 1.82) is 0 Å². The smallest absolute Gasteiger partial charge is 0.194 e. The summed E-state index contributed by atoms with van der Waals surface area (Å²) in [5.41, 5.74) is 2.30. The van der Waals surface area contributed by atoms with Crippen molar-refractivity contribution in [3.05, 3.63) is 17.5 Å². The minimum atomic E-state index is 0.705. The van der Waals surface area contributed by atoms with Crippen molar-refractivity contribution in [2.75, 3.05) is 19.6 Å². The van der Waals surface area contributed by atoms with E-state index in [1.165, 1.54) is 44.3 Å². The fraction of sp³-hybridized carbons (Fsp3) is 0.750. The average molecular weight is 289 g/mol. The lowest BCUT2D eigenvalue weighted by molar-refractivity contribution is 0.299. The number of likely N-dealkylation sites (tertiary alicyclic amines) is 1. The molecule has 1 saturated heterocycles. The zero-order valence-electron chi connectivity index (χ0n) is 13.2. The summed E-state index contributed by atoms with van der Waals surface area (Å²) in [5, 5.41) is 10.5. The molecule has 1 aliphatic heterocycles. The van der Waals surface area contributed by atoms with Gasteiger partial charge in [-0.25, -0.2) is 4.99 Å². The van der Waals surface area contributed by atoms with Crippen molar-refractivity contribution in [1.82, 2.24) is 20.4 Å². The Morgan fingerprint density at radius 2 is 2.10 bits per heavy atom. The van der Waals surface area contributed by atoms with E-state index in [0.717, 1.165) is 30.0 Å². The van der Waals surface area contributed by atoms with Crippen LogP contribution in [-0.4, -0.2) is 40.7 Å². The Hall–Kier alpha value is -1.52. The number of nitrogens with zero attached hydrogens (tertiary/aromatic N) is 3. The van der Waals surface area contributed by atoms with E-state index in [9.17, 15) is 0 Å². The standard InChI is InChI=1S/C16H27N5/c1-3-17-16(18-8-15-9-19-20-12(15)2)21-10-13-6-4-5-7-14(13)11-21/h9,13-14H,3-8,10-11H2,1-2H3,(H,17,18)(H,19,20). The van der Waals surface area contributed by atoms with Gasteiger partial charge in [0.15, 0.2) is 5.96 Å². The molecule has 0 aromatic carbocycles. The van der Waals surface area contributed by atoms with E-state index in [1.807, 2.05) is 6.20 Å². The van der Waals surface area contributed by atoms with Crippen molar-refractivity contribution >= 4 is 5.96 Å². The van der Waals surface area contributed by atoms with Crippen LogP contribution in [0.15, 0.2) is 11.2 Å². The maximum absolute atomic E-state index is 4.83. The molecule has 21 heavy (non-hydrogen) atoms. The largest absolute Gasteiger partial charge is 0.357 e. The van der Waals surface area contributed by atoms with Crippen molar-refractivity contribution in [2.24, 2.45) is 16.8 Å². The second-order valence-electron chi connectivity index (χ2n) is 6.40. The van der Waals surface area contributed by atoms with Gasteiger partial charge in [0.25, 0.3) is 0 Å². The number of H-pyrrole nitrogens is 1. The fourth-order valence-electron chi connectivity index (χ4n) is 3.70. The van der Waals surface area contributed by atoms with Crippen molar-refractivity contribution in [2.45, 2.75) is 46.1 Å². The molecular formula is C16H27N5. The van der Waals surface area contributed by atoms with E-state index in [1.54, 1.807) is 0 Å². The first-order chi connectivity index (χ1) is 10.3. The van der Waals surface area contributed by atoms with Crippen LogP contribution < -0.4 is 5.32 Å². The summed E-state index contributed by atoms with van der Waals surface area (Å²) in [7, 11) is 0. The van der Waals surface area contributed by atoms with Gasteiger partial charge in [-0.05, 0) is 38.5 Å². The highest BCUT2D eigenvalue weighted by molar-refractivity contribution is 5.80. The molecule has 2 unspecified atom stereocenters. The number of fused-ring (bicyclic) bond motifs is 1. The molecule has 116 valence electrons. The van der Waals surface area contributed by atoms with E-state index < -0.39 is 0 Å². The normalized spacial score (nSPS) is 26.0. The van der Waals surface area contributed by atoms with Crippen LogP contribution in [0.5, 0.6) is 0 Å². The average Bonchev–Trinajstić information content (AvgIpc) is 3.09. The van der Waals surface area contributed by atoms with Crippen molar-refractivity contribution in [3.8, 4) is 0 Å².